The summed E-state index contributed by atoms with van der Waals surface area (Å²) in [6, 6.07) is 11.0. The van der Waals surface area contributed by atoms with Crippen LogP contribution in [0.2, 0.25) is 0 Å². The average molecular weight is 261 g/mol. The van der Waals surface area contributed by atoms with Crippen LogP contribution in [0.25, 0.3) is 0 Å². The van der Waals surface area contributed by atoms with E-state index >= 15 is 0 Å². The van der Waals surface area contributed by atoms with Gasteiger partial charge in [-0.25, -0.2) is 4.39 Å². The third-order valence-corrected chi connectivity index (χ3v) is 5.07. The van der Waals surface area contributed by atoms with Gasteiger partial charge in [0.15, 0.2) is 0 Å². The van der Waals surface area contributed by atoms with Gasteiger partial charge in [0.25, 0.3) is 0 Å². The molecule has 1 atom stereocenters. The summed E-state index contributed by atoms with van der Waals surface area (Å²) in [6.07, 6.45) is 3.39. The molecule has 1 heterocycles. The van der Waals surface area contributed by atoms with Crippen molar-refractivity contribution in [1.82, 2.24) is 0 Å². The molecule has 2 aromatic rings. The van der Waals surface area contributed by atoms with Crippen molar-refractivity contribution in [3.05, 3.63) is 58.0 Å². The van der Waals surface area contributed by atoms with Crippen molar-refractivity contribution in [3.8, 4) is 0 Å². The summed E-state index contributed by atoms with van der Waals surface area (Å²) in [5, 5.41) is 2.06. The summed E-state index contributed by atoms with van der Waals surface area (Å²) in [6.45, 7) is 0. The Morgan fingerprint density at radius 2 is 1.89 bits per heavy atom. The first-order valence-electron chi connectivity index (χ1n) is 6.27. The van der Waals surface area contributed by atoms with Crippen LogP contribution in [-0.2, 0) is 5.41 Å². The Hall–Kier alpha value is -1.19. The molecule has 18 heavy (non-hydrogen) atoms. The largest absolute Gasteiger partial charge is 0.323 e. The molecule has 1 saturated carbocycles. The molecule has 1 unspecified atom stereocenters. The van der Waals surface area contributed by atoms with Gasteiger partial charge in [-0.1, -0.05) is 24.6 Å². The van der Waals surface area contributed by atoms with Gasteiger partial charge in [-0.15, -0.1) is 11.3 Å². The Balaban J connectivity index is 1.97. The molecule has 1 nitrogen and oxygen atoms in total. The van der Waals surface area contributed by atoms with E-state index < -0.39 is 0 Å². The smallest absolute Gasteiger partial charge is 0.123 e. The van der Waals surface area contributed by atoms with Gasteiger partial charge in [0.2, 0.25) is 0 Å². The molecule has 1 aromatic carbocycles. The average Bonchev–Trinajstić information content (AvgIpc) is 2.83. The fourth-order valence-electron chi connectivity index (χ4n) is 2.86. The van der Waals surface area contributed by atoms with E-state index in [9.17, 15) is 4.39 Å². The lowest BCUT2D eigenvalue weighted by atomic mass is 9.60. The number of halogens is 1. The van der Waals surface area contributed by atoms with Crippen molar-refractivity contribution in [3.63, 3.8) is 0 Å². The van der Waals surface area contributed by atoms with Crippen LogP contribution >= 0.6 is 11.3 Å². The van der Waals surface area contributed by atoms with Crippen molar-refractivity contribution in [2.75, 3.05) is 0 Å². The topological polar surface area (TPSA) is 26.0 Å². The second kappa shape index (κ2) is 4.48. The minimum atomic E-state index is -0.182. The van der Waals surface area contributed by atoms with Gasteiger partial charge in [-0.3, -0.25) is 0 Å². The molecule has 1 aromatic heterocycles. The Morgan fingerprint density at radius 3 is 2.39 bits per heavy atom. The number of hydrogen-bond acceptors (Lipinski definition) is 2. The van der Waals surface area contributed by atoms with Crippen LogP contribution in [-0.4, -0.2) is 0 Å². The molecule has 1 aliphatic rings. The van der Waals surface area contributed by atoms with Crippen molar-refractivity contribution >= 4 is 11.3 Å². The summed E-state index contributed by atoms with van der Waals surface area (Å²) in [4.78, 5) is 1.22. The molecule has 3 rings (SSSR count). The molecular weight excluding hydrogens is 245 g/mol. The van der Waals surface area contributed by atoms with E-state index in [1.165, 1.54) is 29.0 Å². The van der Waals surface area contributed by atoms with Gasteiger partial charge in [-0.05, 0) is 42.0 Å². The number of benzene rings is 1. The maximum absolute atomic E-state index is 13.0. The monoisotopic (exact) mass is 261 g/mol. The third-order valence-electron chi connectivity index (χ3n) is 4.11. The summed E-state index contributed by atoms with van der Waals surface area (Å²) in [7, 11) is 0. The molecule has 0 aliphatic heterocycles. The minimum Gasteiger partial charge on any atom is -0.323 e. The predicted molar refractivity (Wildman–Crippen MR) is 73.2 cm³/mol. The summed E-state index contributed by atoms with van der Waals surface area (Å²) >= 11 is 1.71. The molecule has 0 spiro atoms. The molecule has 0 amide bonds. The van der Waals surface area contributed by atoms with Crippen molar-refractivity contribution < 1.29 is 4.39 Å². The van der Waals surface area contributed by atoms with Gasteiger partial charge < -0.3 is 5.73 Å². The van der Waals surface area contributed by atoms with Crippen LogP contribution in [0.4, 0.5) is 4.39 Å². The molecule has 94 valence electrons. The summed E-state index contributed by atoms with van der Waals surface area (Å²) in [5.41, 5.74) is 7.66. The fraction of sp³-hybridized carbons (Fsp3) is 0.333. The van der Waals surface area contributed by atoms with E-state index in [1.54, 1.807) is 11.3 Å². The highest BCUT2D eigenvalue weighted by molar-refractivity contribution is 7.10. The first-order chi connectivity index (χ1) is 8.72. The van der Waals surface area contributed by atoms with E-state index in [1.807, 2.05) is 18.2 Å². The Morgan fingerprint density at radius 1 is 1.17 bits per heavy atom. The van der Waals surface area contributed by atoms with Gasteiger partial charge in [0, 0.05) is 16.3 Å². The molecule has 0 bridgehead atoms. The number of rotatable bonds is 3. The molecule has 0 saturated heterocycles. The standard InChI is InChI=1S/C15H16FNS/c16-12-6-4-11(5-7-12)15(8-2-9-15)14(17)13-3-1-10-18-13/h1,3-7,10,14H,2,8-9,17H2. The lowest BCUT2D eigenvalue weighted by molar-refractivity contribution is 0.198. The van der Waals surface area contributed by atoms with Crippen LogP contribution in [0.3, 0.4) is 0 Å². The summed E-state index contributed by atoms with van der Waals surface area (Å²) in [5.74, 6) is -0.182. The lowest BCUT2D eigenvalue weighted by Crippen LogP contribution is -2.44. The number of thiophene rings is 1. The van der Waals surface area contributed by atoms with E-state index in [-0.39, 0.29) is 17.3 Å². The normalized spacial score (nSPS) is 19.2. The predicted octanol–water partition coefficient (Wildman–Crippen LogP) is 4.01. The van der Waals surface area contributed by atoms with E-state index in [2.05, 4.69) is 11.4 Å². The van der Waals surface area contributed by atoms with E-state index in [0.29, 0.717) is 0 Å². The Kier molecular flexibility index (Phi) is 2.96. The van der Waals surface area contributed by atoms with Crippen molar-refractivity contribution in [1.29, 1.82) is 0 Å². The lowest BCUT2D eigenvalue weighted by Gasteiger charge is -2.46. The SMILES string of the molecule is NC(c1cccs1)C1(c2ccc(F)cc2)CCC1. The zero-order valence-electron chi connectivity index (χ0n) is 10.1. The van der Waals surface area contributed by atoms with Crippen molar-refractivity contribution in [2.24, 2.45) is 5.73 Å². The van der Waals surface area contributed by atoms with Crippen LogP contribution in [0.1, 0.15) is 35.7 Å². The number of hydrogen-bond donors (Lipinski definition) is 1. The quantitative estimate of drug-likeness (QED) is 0.887. The first-order valence-corrected chi connectivity index (χ1v) is 7.15. The van der Waals surface area contributed by atoms with Crippen molar-refractivity contribution in [2.45, 2.75) is 30.7 Å². The highest BCUT2D eigenvalue weighted by Crippen LogP contribution is 2.51. The zero-order valence-corrected chi connectivity index (χ0v) is 10.9. The molecule has 2 N–H and O–H groups in total. The molecule has 3 heteroatoms. The van der Waals surface area contributed by atoms with Gasteiger partial charge >= 0.3 is 0 Å². The van der Waals surface area contributed by atoms with Crippen LogP contribution in [0.5, 0.6) is 0 Å². The zero-order chi connectivity index (χ0) is 12.6. The highest BCUT2D eigenvalue weighted by Gasteiger charge is 2.44. The molecular formula is C15H16FNS. The molecule has 1 fully saturated rings. The van der Waals surface area contributed by atoms with Gasteiger partial charge in [0.1, 0.15) is 5.82 Å². The third kappa shape index (κ3) is 1.78. The number of nitrogens with two attached hydrogens (primary N) is 1. The summed E-state index contributed by atoms with van der Waals surface area (Å²) < 4.78 is 13.0. The highest BCUT2D eigenvalue weighted by atomic mass is 32.1. The maximum atomic E-state index is 13.0. The Labute approximate surface area is 110 Å². The molecule has 0 radical (unpaired) electrons. The van der Waals surface area contributed by atoms with E-state index in [4.69, 9.17) is 5.73 Å². The fourth-order valence-corrected chi connectivity index (χ4v) is 3.70. The minimum absolute atomic E-state index is 0.0125. The van der Waals surface area contributed by atoms with Crippen LogP contribution in [0, 0.1) is 5.82 Å². The van der Waals surface area contributed by atoms with E-state index in [0.717, 1.165) is 12.8 Å². The maximum Gasteiger partial charge on any atom is 0.123 e. The van der Waals surface area contributed by atoms with Crippen LogP contribution in [0.15, 0.2) is 41.8 Å². The van der Waals surface area contributed by atoms with Crippen LogP contribution < -0.4 is 5.73 Å². The molecule has 1 aliphatic carbocycles. The van der Waals surface area contributed by atoms with Gasteiger partial charge in [-0.2, -0.15) is 0 Å². The first kappa shape index (κ1) is 11.9. The second-order valence-corrected chi connectivity index (χ2v) is 5.99. The second-order valence-electron chi connectivity index (χ2n) is 5.01. The van der Waals surface area contributed by atoms with Gasteiger partial charge in [0.05, 0.1) is 0 Å². The Bertz CT molecular complexity index is 514.